The molecular formula is C17H17BrN2O. The van der Waals surface area contributed by atoms with Gasteiger partial charge in [0.25, 0.3) is 0 Å². The molecule has 108 valence electrons. The van der Waals surface area contributed by atoms with Crippen molar-refractivity contribution in [2.45, 2.75) is 33.6 Å². The Hall–Kier alpha value is -1.86. The van der Waals surface area contributed by atoms with Crippen molar-refractivity contribution in [1.29, 1.82) is 5.26 Å². The lowest BCUT2D eigenvalue weighted by Crippen LogP contribution is -2.05. The van der Waals surface area contributed by atoms with Gasteiger partial charge in [-0.2, -0.15) is 5.26 Å². The number of halogens is 1. The van der Waals surface area contributed by atoms with Crippen LogP contribution in [0, 0.1) is 18.3 Å². The van der Waals surface area contributed by atoms with Gasteiger partial charge in [0.05, 0.1) is 5.56 Å². The Labute approximate surface area is 133 Å². The van der Waals surface area contributed by atoms with Gasteiger partial charge in [-0.05, 0) is 53.0 Å². The monoisotopic (exact) mass is 344 g/mol. The Bertz CT molecular complexity index is 738. The second-order valence-corrected chi connectivity index (χ2v) is 5.76. The van der Waals surface area contributed by atoms with E-state index in [1.54, 1.807) is 6.07 Å². The maximum Gasteiger partial charge on any atom is 0.164 e. The Morgan fingerprint density at radius 2 is 2.10 bits per heavy atom. The fraction of sp³-hybridized carbons (Fsp3) is 0.294. The molecule has 0 bridgehead atoms. The van der Waals surface area contributed by atoms with Gasteiger partial charge in [-0.25, -0.2) is 0 Å². The van der Waals surface area contributed by atoms with Crippen molar-refractivity contribution >= 4 is 21.7 Å². The minimum Gasteiger partial charge on any atom is -0.320 e. The summed E-state index contributed by atoms with van der Waals surface area (Å²) in [6, 6.07) is 7.74. The summed E-state index contributed by atoms with van der Waals surface area (Å²) < 4.78 is 2.81. The zero-order valence-corrected chi connectivity index (χ0v) is 14.0. The first kappa shape index (κ1) is 15.5. The molecule has 0 fully saturated rings. The minimum absolute atomic E-state index is 0.177. The van der Waals surface area contributed by atoms with Gasteiger partial charge >= 0.3 is 0 Å². The third-order valence-electron chi connectivity index (χ3n) is 3.58. The molecule has 1 aromatic heterocycles. The van der Waals surface area contributed by atoms with E-state index in [9.17, 15) is 4.79 Å². The zero-order valence-electron chi connectivity index (χ0n) is 12.4. The van der Waals surface area contributed by atoms with Crippen LogP contribution in [0.4, 0.5) is 0 Å². The molecule has 0 saturated heterocycles. The second kappa shape index (κ2) is 6.28. The van der Waals surface area contributed by atoms with Gasteiger partial charge in [-0.15, -0.1) is 0 Å². The van der Waals surface area contributed by atoms with Crippen LogP contribution in [0.2, 0.25) is 0 Å². The van der Waals surface area contributed by atoms with Crippen LogP contribution in [0.25, 0.3) is 5.69 Å². The van der Waals surface area contributed by atoms with Gasteiger partial charge in [0.2, 0.25) is 0 Å². The van der Waals surface area contributed by atoms with E-state index in [-0.39, 0.29) is 5.78 Å². The van der Waals surface area contributed by atoms with Crippen molar-refractivity contribution in [2.75, 3.05) is 0 Å². The molecule has 0 aliphatic rings. The van der Waals surface area contributed by atoms with E-state index in [2.05, 4.69) is 28.9 Å². The summed E-state index contributed by atoms with van der Waals surface area (Å²) >= 11 is 3.42. The maximum atomic E-state index is 12.2. The van der Waals surface area contributed by atoms with E-state index in [4.69, 9.17) is 5.26 Å². The number of hydrogen-bond donors (Lipinski definition) is 0. The second-order valence-electron chi connectivity index (χ2n) is 4.91. The largest absolute Gasteiger partial charge is 0.320 e. The number of rotatable bonds is 4. The van der Waals surface area contributed by atoms with Crippen LogP contribution in [0.3, 0.4) is 0 Å². The van der Waals surface area contributed by atoms with E-state index in [0.717, 1.165) is 33.4 Å². The highest BCUT2D eigenvalue weighted by Gasteiger charge is 2.18. The summed E-state index contributed by atoms with van der Waals surface area (Å²) in [6.07, 6.45) is 3.29. The third kappa shape index (κ3) is 2.79. The first-order chi connectivity index (χ1) is 10.0. The number of Topliss-reactive ketones (excluding diaryl/α,β-unsaturated/α-hetero) is 1. The number of aromatic nitrogens is 1. The van der Waals surface area contributed by atoms with E-state index in [1.165, 1.54) is 0 Å². The average Bonchev–Trinajstić information content (AvgIpc) is 2.82. The number of carbonyl (C=O) groups excluding carboxylic acids is 1. The first-order valence-electron chi connectivity index (χ1n) is 6.97. The lowest BCUT2D eigenvalue weighted by atomic mass is 10.0. The van der Waals surface area contributed by atoms with Gasteiger partial charge in [0.1, 0.15) is 6.07 Å². The summed E-state index contributed by atoms with van der Waals surface area (Å²) in [7, 11) is 0. The summed E-state index contributed by atoms with van der Waals surface area (Å²) in [4.78, 5) is 12.2. The van der Waals surface area contributed by atoms with Crippen molar-refractivity contribution in [1.82, 2.24) is 4.57 Å². The molecule has 2 aromatic rings. The molecule has 0 spiro atoms. The fourth-order valence-electron chi connectivity index (χ4n) is 2.56. The molecule has 0 atom stereocenters. The van der Waals surface area contributed by atoms with E-state index in [0.29, 0.717) is 12.0 Å². The zero-order chi connectivity index (χ0) is 15.6. The number of ketones is 1. The molecule has 2 rings (SSSR count). The van der Waals surface area contributed by atoms with Crippen molar-refractivity contribution in [3.8, 4) is 11.8 Å². The number of nitrogens with zero attached hydrogens (tertiary/aromatic N) is 2. The normalized spacial score (nSPS) is 10.4. The van der Waals surface area contributed by atoms with E-state index in [1.807, 2.05) is 36.7 Å². The molecule has 1 aromatic carbocycles. The highest BCUT2D eigenvalue weighted by molar-refractivity contribution is 9.10. The molecule has 0 aliphatic carbocycles. The Morgan fingerprint density at radius 3 is 2.62 bits per heavy atom. The number of hydrogen-bond acceptors (Lipinski definition) is 2. The average molecular weight is 345 g/mol. The number of benzene rings is 1. The summed E-state index contributed by atoms with van der Waals surface area (Å²) in [5.74, 6) is 0.177. The van der Waals surface area contributed by atoms with Gasteiger partial charge in [-0.1, -0.05) is 13.8 Å². The molecule has 4 heteroatoms. The molecule has 0 amide bonds. The standard InChI is InChI=1S/C17H17BrN2O/c1-4-15-17(16(21)5-2)11(3)10-20(15)13-7-6-12(9-19)14(18)8-13/h6-8,10H,4-5H2,1-3H3. The first-order valence-corrected chi connectivity index (χ1v) is 7.76. The van der Waals surface area contributed by atoms with Crippen LogP contribution in [0.5, 0.6) is 0 Å². The lowest BCUT2D eigenvalue weighted by Gasteiger charge is -2.10. The molecule has 0 radical (unpaired) electrons. The molecule has 0 unspecified atom stereocenters. The van der Waals surface area contributed by atoms with E-state index >= 15 is 0 Å². The third-order valence-corrected chi connectivity index (χ3v) is 4.24. The Morgan fingerprint density at radius 1 is 1.38 bits per heavy atom. The van der Waals surface area contributed by atoms with Gasteiger partial charge in [0, 0.05) is 34.0 Å². The SMILES string of the molecule is CCC(=O)c1c(C)cn(-c2ccc(C#N)c(Br)c2)c1CC. The molecular weight excluding hydrogens is 328 g/mol. The summed E-state index contributed by atoms with van der Waals surface area (Å²) in [6.45, 7) is 5.91. The predicted molar refractivity (Wildman–Crippen MR) is 86.9 cm³/mol. The Balaban J connectivity index is 2.62. The molecule has 21 heavy (non-hydrogen) atoms. The van der Waals surface area contributed by atoms with Crippen LogP contribution >= 0.6 is 15.9 Å². The smallest absolute Gasteiger partial charge is 0.164 e. The highest BCUT2D eigenvalue weighted by atomic mass is 79.9. The van der Waals surface area contributed by atoms with Crippen molar-refractivity contribution < 1.29 is 4.79 Å². The van der Waals surface area contributed by atoms with Crippen LogP contribution in [0.1, 0.15) is 47.4 Å². The van der Waals surface area contributed by atoms with Crippen molar-refractivity contribution in [3.63, 3.8) is 0 Å². The quantitative estimate of drug-likeness (QED) is 0.762. The van der Waals surface area contributed by atoms with Crippen molar-refractivity contribution in [2.24, 2.45) is 0 Å². The predicted octanol–water partition coefficient (Wildman–Crippen LogP) is 4.58. The van der Waals surface area contributed by atoms with Gasteiger partial charge < -0.3 is 4.57 Å². The minimum atomic E-state index is 0.177. The summed E-state index contributed by atoms with van der Waals surface area (Å²) in [5, 5.41) is 9.00. The molecule has 3 nitrogen and oxygen atoms in total. The molecule has 0 aliphatic heterocycles. The summed E-state index contributed by atoms with van der Waals surface area (Å²) in [5.41, 5.74) is 4.41. The van der Waals surface area contributed by atoms with Crippen molar-refractivity contribution in [3.05, 3.63) is 51.3 Å². The van der Waals surface area contributed by atoms with Crippen LogP contribution < -0.4 is 0 Å². The Kier molecular flexibility index (Phi) is 4.64. The highest BCUT2D eigenvalue weighted by Crippen LogP contribution is 2.26. The number of carbonyl (C=O) groups is 1. The van der Waals surface area contributed by atoms with E-state index < -0.39 is 0 Å². The molecule has 0 N–H and O–H groups in total. The fourth-order valence-corrected chi connectivity index (χ4v) is 3.02. The van der Waals surface area contributed by atoms with Crippen LogP contribution in [-0.2, 0) is 6.42 Å². The topological polar surface area (TPSA) is 45.8 Å². The van der Waals surface area contributed by atoms with Gasteiger partial charge in [0.15, 0.2) is 5.78 Å². The maximum absolute atomic E-state index is 12.2. The number of aryl methyl sites for hydroxylation is 1. The lowest BCUT2D eigenvalue weighted by molar-refractivity contribution is 0.0987. The van der Waals surface area contributed by atoms with Crippen LogP contribution in [-0.4, -0.2) is 10.4 Å². The van der Waals surface area contributed by atoms with Crippen LogP contribution in [0.15, 0.2) is 28.9 Å². The number of nitriles is 1. The molecule has 1 heterocycles. The van der Waals surface area contributed by atoms with Gasteiger partial charge in [-0.3, -0.25) is 4.79 Å². The molecule has 0 saturated carbocycles.